The Morgan fingerprint density at radius 3 is 2.60 bits per heavy atom. The van der Waals surface area contributed by atoms with Crippen molar-refractivity contribution in [1.82, 2.24) is 4.98 Å². The van der Waals surface area contributed by atoms with Crippen LogP contribution in [-0.2, 0) is 13.2 Å². The number of aliphatic hydroxyl groups is 1. The van der Waals surface area contributed by atoms with E-state index in [0.29, 0.717) is 24.0 Å². The van der Waals surface area contributed by atoms with Crippen LogP contribution in [0.25, 0.3) is 0 Å². The molecule has 0 saturated heterocycles. The summed E-state index contributed by atoms with van der Waals surface area (Å²) in [6.07, 6.45) is 0. The molecule has 0 saturated carbocycles. The average Bonchev–Trinajstić information content (AvgIpc) is 2.52. The van der Waals surface area contributed by atoms with E-state index in [4.69, 9.17) is 19.3 Å². The van der Waals surface area contributed by atoms with Gasteiger partial charge in [0, 0.05) is 6.07 Å². The Hall–Kier alpha value is -2.27. The van der Waals surface area contributed by atoms with Gasteiger partial charge in [-0.15, -0.1) is 0 Å². The Morgan fingerprint density at radius 2 is 1.90 bits per heavy atom. The Morgan fingerprint density at radius 1 is 1.05 bits per heavy atom. The molecular formula is C15H17NO4. The number of rotatable bonds is 6. The first kappa shape index (κ1) is 14.1. The number of hydrogen-bond donors (Lipinski definition) is 1. The number of aromatic nitrogens is 1. The third kappa shape index (κ3) is 3.39. The summed E-state index contributed by atoms with van der Waals surface area (Å²) in [6, 6.07) is 10.8. The number of methoxy groups -OCH3 is 2. The highest BCUT2D eigenvalue weighted by Crippen LogP contribution is 2.28. The van der Waals surface area contributed by atoms with Crippen molar-refractivity contribution in [3.8, 4) is 17.4 Å². The molecule has 1 aromatic carbocycles. The Bertz CT molecular complexity index is 572. The van der Waals surface area contributed by atoms with Gasteiger partial charge in [0.15, 0.2) is 11.5 Å². The number of benzene rings is 1. The highest BCUT2D eigenvalue weighted by Gasteiger charge is 2.06. The summed E-state index contributed by atoms with van der Waals surface area (Å²) in [7, 11) is 3.14. The summed E-state index contributed by atoms with van der Waals surface area (Å²) in [5.74, 6) is 1.74. The van der Waals surface area contributed by atoms with Crippen LogP contribution in [-0.4, -0.2) is 24.3 Å². The van der Waals surface area contributed by atoms with Crippen LogP contribution >= 0.6 is 0 Å². The summed E-state index contributed by atoms with van der Waals surface area (Å²) in [5.41, 5.74) is 1.53. The van der Waals surface area contributed by atoms with Crippen LogP contribution in [0, 0.1) is 0 Å². The largest absolute Gasteiger partial charge is 0.493 e. The maximum Gasteiger partial charge on any atom is 0.213 e. The van der Waals surface area contributed by atoms with E-state index < -0.39 is 0 Å². The highest BCUT2D eigenvalue weighted by molar-refractivity contribution is 5.42. The minimum Gasteiger partial charge on any atom is -0.493 e. The second-order valence-electron chi connectivity index (χ2n) is 4.10. The molecule has 106 valence electrons. The number of ether oxygens (including phenoxy) is 3. The molecule has 1 N–H and O–H groups in total. The van der Waals surface area contributed by atoms with Gasteiger partial charge in [-0.05, 0) is 23.8 Å². The first-order valence-electron chi connectivity index (χ1n) is 6.17. The summed E-state index contributed by atoms with van der Waals surface area (Å²) in [5, 5.41) is 9.09. The second kappa shape index (κ2) is 6.77. The standard InChI is InChI=1S/C15H17NO4/c1-18-14-8-11(9-17)6-7-13(14)20-10-12-4-3-5-15(16-12)19-2/h3-8,17H,9-10H2,1-2H3. The number of pyridine rings is 1. The van der Waals surface area contributed by atoms with Crippen molar-refractivity contribution < 1.29 is 19.3 Å². The van der Waals surface area contributed by atoms with Gasteiger partial charge in [0.05, 0.1) is 26.5 Å². The lowest BCUT2D eigenvalue weighted by Gasteiger charge is -2.11. The van der Waals surface area contributed by atoms with Gasteiger partial charge in [-0.3, -0.25) is 0 Å². The molecule has 0 aliphatic heterocycles. The third-order valence-corrected chi connectivity index (χ3v) is 2.78. The zero-order chi connectivity index (χ0) is 14.4. The molecule has 0 fully saturated rings. The summed E-state index contributed by atoms with van der Waals surface area (Å²) < 4.78 is 16.0. The maximum absolute atomic E-state index is 9.09. The van der Waals surface area contributed by atoms with E-state index in [0.717, 1.165) is 11.3 Å². The molecular weight excluding hydrogens is 258 g/mol. The van der Waals surface area contributed by atoms with Crippen LogP contribution < -0.4 is 14.2 Å². The van der Waals surface area contributed by atoms with Gasteiger partial charge in [0.25, 0.3) is 0 Å². The number of aliphatic hydroxyl groups excluding tert-OH is 1. The quantitative estimate of drug-likeness (QED) is 0.875. The minimum atomic E-state index is -0.0337. The predicted molar refractivity (Wildman–Crippen MR) is 74.0 cm³/mol. The Labute approximate surface area is 117 Å². The van der Waals surface area contributed by atoms with Crippen LogP contribution in [0.3, 0.4) is 0 Å². The van der Waals surface area contributed by atoms with Crippen molar-refractivity contribution in [2.75, 3.05) is 14.2 Å². The smallest absolute Gasteiger partial charge is 0.213 e. The van der Waals surface area contributed by atoms with Crippen molar-refractivity contribution in [1.29, 1.82) is 0 Å². The van der Waals surface area contributed by atoms with Crippen molar-refractivity contribution in [3.05, 3.63) is 47.7 Å². The van der Waals surface area contributed by atoms with E-state index in [1.54, 1.807) is 38.5 Å². The van der Waals surface area contributed by atoms with E-state index in [9.17, 15) is 0 Å². The average molecular weight is 275 g/mol. The Balaban J connectivity index is 2.10. The van der Waals surface area contributed by atoms with E-state index in [1.165, 1.54) is 0 Å². The SMILES string of the molecule is COc1cccc(COc2ccc(CO)cc2OC)n1. The molecule has 0 aliphatic carbocycles. The molecule has 0 spiro atoms. The summed E-state index contributed by atoms with van der Waals surface area (Å²) in [4.78, 5) is 4.27. The molecule has 0 bridgehead atoms. The van der Waals surface area contributed by atoms with Gasteiger partial charge in [-0.25, -0.2) is 4.98 Å². The fourth-order valence-corrected chi connectivity index (χ4v) is 1.73. The number of nitrogens with zero attached hydrogens (tertiary/aromatic N) is 1. The van der Waals surface area contributed by atoms with Crippen LogP contribution in [0.5, 0.6) is 17.4 Å². The lowest BCUT2D eigenvalue weighted by molar-refractivity contribution is 0.271. The van der Waals surface area contributed by atoms with Crippen molar-refractivity contribution in [2.24, 2.45) is 0 Å². The van der Waals surface area contributed by atoms with E-state index in [1.807, 2.05) is 12.1 Å². The molecule has 1 aromatic heterocycles. The molecule has 0 aliphatic rings. The van der Waals surface area contributed by atoms with Crippen molar-refractivity contribution in [2.45, 2.75) is 13.2 Å². The summed E-state index contributed by atoms with van der Waals surface area (Å²) >= 11 is 0. The normalized spacial score (nSPS) is 10.2. The first-order chi connectivity index (χ1) is 9.76. The lowest BCUT2D eigenvalue weighted by atomic mass is 10.2. The number of hydrogen-bond acceptors (Lipinski definition) is 5. The fraction of sp³-hybridized carbons (Fsp3) is 0.267. The third-order valence-electron chi connectivity index (χ3n) is 2.78. The van der Waals surface area contributed by atoms with Gasteiger partial charge in [-0.2, -0.15) is 0 Å². The van der Waals surface area contributed by atoms with Crippen molar-refractivity contribution in [3.63, 3.8) is 0 Å². The predicted octanol–water partition coefficient (Wildman–Crippen LogP) is 2.17. The molecule has 0 unspecified atom stereocenters. The molecule has 0 atom stereocenters. The van der Waals surface area contributed by atoms with Gasteiger partial charge in [0.1, 0.15) is 6.61 Å². The fourth-order valence-electron chi connectivity index (χ4n) is 1.73. The monoisotopic (exact) mass is 275 g/mol. The molecule has 5 heteroatoms. The maximum atomic E-state index is 9.09. The van der Waals surface area contributed by atoms with E-state index >= 15 is 0 Å². The second-order valence-corrected chi connectivity index (χ2v) is 4.10. The zero-order valence-electron chi connectivity index (χ0n) is 11.5. The van der Waals surface area contributed by atoms with Crippen molar-refractivity contribution >= 4 is 0 Å². The Kier molecular flexibility index (Phi) is 4.79. The van der Waals surface area contributed by atoms with E-state index in [-0.39, 0.29) is 6.61 Å². The van der Waals surface area contributed by atoms with Crippen LogP contribution in [0.4, 0.5) is 0 Å². The minimum absolute atomic E-state index is 0.0337. The van der Waals surface area contributed by atoms with Crippen LogP contribution in [0.1, 0.15) is 11.3 Å². The van der Waals surface area contributed by atoms with Gasteiger partial charge >= 0.3 is 0 Å². The first-order valence-corrected chi connectivity index (χ1v) is 6.17. The lowest BCUT2D eigenvalue weighted by Crippen LogP contribution is -2.01. The van der Waals surface area contributed by atoms with Crippen LogP contribution in [0.2, 0.25) is 0 Å². The van der Waals surface area contributed by atoms with Gasteiger partial charge in [0.2, 0.25) is 5.88 Å². The highest BCUT2D eigenvalue weighted by atomic mass is 16.5. The van der Waals surface area contributed by atoms with Gasteiger partial charge in [-0.1, -0.05) is 12.1 Å². The van der Waals surface area contributed by atoms with Gasteiger partial charge < -0.3 is 19.3 Å². The zero-order valence-corrected chi connectivity index (χ0v) is 11.5. The van der Waals surface area contributed by atoms with E-state index in [2.05, 4.69) is 4.98 Å². The molecule has 5 nitrogen and oxygen atoms in total. The van der Waals surface area contributed by atoms with Crippen LogP contribution in [0.15, 0.2) is 36.4 Å². The molecule has 0 radical (unpaired) electrons. The molecule has 1 heterocycles. The molecule has 2 aromatic rings. The molecule has 0 amide bonds. The molecule has 20 heavy (non-hydrogen) atoms. The summed E-state index contributed by atoms with van der Waals surface area (Å²) in [6.45, 7) is 0.278. The molecule has 2 rings (SSSR count). The topological polar surface area (TPSA) is 60.8 Å².